The molecule has 0 unspecified atom stereocenters. The SMILES string of the molecule is O=C(CCS)N[C@@H](CS(=O)(=O)O)C(=O)O. The van der Waals surface area contributed by atoms with Crippen molar-refractivity contribution in [3.05, 3.63) is 0 Å². The zero-order valence-corrected chi connectivity index (χ0v) is 9.29. The quantitative estimate of drug-likeness (QED) is 0.349. The van der Waals surface area contributed by atoms with Crippen molar-refractivity contribution in [2.24, 2.45) is 0 Å². The highest BCUT2D eigenvalue weighted by Crippen LogP contribution is 1.94. The number of nitrogens with one attached hydrogen (secondary N) is 1. The summed E-state index contributed by atoms with van der Waals surface area (Å²) in [5, 5.41) is 10.5. The molecule has 0 heterocycles. The van der Waals surface area contributed by atoms with Crippen molar-refractivity contribution in [2.75, 3.05) is 11.5 Å². The number of carboxylic acids is 1. The Morgan fingerprint density at radius 3 is 2.27 bits per heavy atom. The summed E-state index contributed by atoms with van der Waals surface area (Å²) in [6.07, 6.45) is -0.0294. The molecule has 0 bridgehead atoms. The van der Waals surface area contributed by atoms with Gasteiger partial charge in [-0.2, -0.15) is 21.0 Å². The summed E-state index contributed by atoms with van der Waals surface area (Å²) < 4.78 is 29.2. The minimum Gasteiger partial charge on any atom is -0.480 e. The van der Waals surface area contributed by atoms with Crippen molar-refractivity contribution in [1.82, 2.24) is 5.32 Å². The molecule has 0 saturated carbocycles. The van der Waals surface area contributed by atoms with Crippen molar-refractivity contribution < 1.29 is 27.7 Å². The number of amides is 1. The van der Waals surface area contributed by atoms with Crippen molar-refractivity contribution >= 4 is 34.6 Å². The molecule has 0 aliphatic rings. The number of carbonyl (C=O) groups excluding carboxylic acids is 1. The number of carboxylic acid groups (broad SMARTS) is 1. The molecular weight excluding hydrogens is 246 g/mol. The third-order valence-corrected chi connectivity index (χ3v) is 2.33. The van der Waals surface area contributed by atoms with E-state index in [1.807, 2.05) is 5.32 Å². The zero-order chi connectivity index (χ0) is 12.1. The molecule has 0 radical (unpaired) electrons. The lowest BCUT2D eigenvalue weighted by molar-refractivity contribution is -0.141. The molecule has 3 N–H and O–H groups in total. The van der Waals surface area contributed by atoms with E-state index < -0.39 is 33.8 Å². The molecule has 1 amide bonds. The normalized spacial score (nSPS) is 13.2. The summed E-state index contributed by atoms with van der Waals surface area (Å²) in [6, 6.07) is -1.65. The molecule has 9 heteroatoms. The van der Waals surface area contributed by atoms with Gasteiger partial charge in [0.15, 0.2) is 0 Å². The first kappa shape index (κ1) is 14.2. The van der Waals surface area contributed by atoms with Crippen LogP contribution in [0.1, 0.15) is 6.42 Å². The average Bonchev–Trinajstić information content (AvgIpc) is 2.00. The summed E-state index contributed by atoms with van der Waals surface area (Å²) in [6.45, 7) is 0. The molecule has 1 atom stereocenters. The molecular formula is C6H11NO6S2. The minimum absolute atomic E-state index is 0.0294. The lowest BCUT2D eigenvalue weighted by Crippen LogP contribution is -2.45. The third kappa shape index (κ3) is 7.17. The van der Waals surface area contributed by atoms with Crippen LogP contribution >= 0.6 is 12.6 Å². The van der Waals surface area contributed by atoms with E-state index in [0.717, 1.165) is 0 Å². The second-order valence-corrected chi connectivity index (χ2v) is 4.62. The maximum Gasteiger partial charge on any atom is 0.327 e. The van der Waals surface area contributed by atoms with Gasteiger partial charge in [-0.1, -0.05) is 0 Å². The van der Waals surface area contributed by atoms with Crippen LogP contribution in [0.15, 0.2) is 0 Å². The van der Waals surface area contributed by atoms with Crippen LogP contribution in [0.25, 0.3) is 0 Å². The highest BCUT2D eigenvalue weighted by Gasteiger charge is 2.25. The smallest absolute Gasteiger partial charge is 0.327 e. The van der Waals surface area contributed by atoms with E-state index >= 15 is 0 Å². The Morgan fingerprint density at radius 1 is 1.40 bits per heavy atom. The molecule has 0 aromatic rings. The number of hydrogen-bond donors (Lipinski definition) is 4. The Kier molecular flexibility index (Phi) is 5.61. The summed E-state index contributed by atoms with van der Waals surface area (Å²) in [4.78, 5) is 21.5. The van der Waals surface area contributed by atoms with Gasteiger partial charge in [-0.3, -0.25) is 9.35 Å². The van der Waals surface area contributed by atoms with Gasteiger partial charge in [0.1, 0.15) is 11.8 Å². The lowest BCUT2D eigenvalue weighted by Gasteiger charge is -2.12. The maximum absolute atomic E-state index is 10.9. The van der Waals surface area contributed by atoms with Crippen molar-refractivity contribution in [1.29, 1.82) is 0 Å². The van der Waals surface area contributed by atoms with E-state index in [9.17, 15) is 18.0 Å². The van der Waals surface area contributed by atoms with E-state index in [1.165, 1.54) is 0 Å². The van der Waals surface area contributed by atoms with Crippen LogP contribution in [0.4, 0.5) is 0 Å². The summed E-state index contributed by atoms with van der Waals surface area (Å²) in [5.74, 6) is -3.01. The first-order valence-electron chi connectivity index (χ1n) is 3.84. The highest BCUT2D eigenvalue weighted by molar-refractivity contribution is 7.85. The summed E-state index contributed by atoms with van der Waals surface area (Å²) in [5.41, 5.74) is 0. The van der Waals surface area contributed by atoms with E-state index in [0.29, 0.717) is 0 Å². The number of thiol groups is 1. The van der Waals surface area contributed by atoms with Gasteiger partial charge in [0.25, 0.3) is 10.1 Å². The predicted molar refractivity (Wildman–Crippen MR) is 54.5 cm³/mol. The Labute approximate surface area is 92.0 Å². The van der Waals surface area contributed by atoms with Gasteiger partial charge in [0, 0.05) is 6.42 Å². The van der Waals surface area contributed by atoms with Gasteiger partial charge in [-0.25, -0.2) is 4.79 Å². The number of carbonyl (C=O) groups is 2. The number of aliphatic carboxylic acids is 1. The Morgan fingerprint density at radius 2 is 1.93 bits per heavy atom. The molecule has 7 nitrogen and oxygen atoms in total. The molecule has 0 aromatic carbocycles. The van der Waals surface area contributed by atoms with Crippen molar-refractivity contribution in [3.63, 3.8) is 0 Å². The molecule has 0 spiro atoms. The Balaban J connectivity index is 4.43. The third-order valence-electron chi connectivity index (χ3n) is 1.35. The monoisotopic (exact) mass is 257 g/mol. The second kappa shape index (κ2) is 5.93. The fourth-order valence-corrected chi connectivity index (χ4v) is 1.60. The van der Waals surface area contributed by atoms with E-state index in [2.05, 4.69) is 12.6 Å². The summed E-state index contributed by atoms with van der Waals surface area (Å²) >= 11 is 3.74. The molecule has 15 heavy (non-hydrogen) atoms. The first-order chi connectivity index (χ1) is 6.76. The standard InChI is InChI=1S/C6H11NO6S2/c8-5(1-2-14)7-4(6(9)10)3-15(11,12)13/h4,14H,1-3H2,(H,7,8)(H,9,10)(H,11,12,13)/t4-/m0/s1. The van der Waals surface area contributed by atoms with Crippen LogP contribution in [-0.2, 0) is 19.7 Å². The van der Waals surface area contributed by atoms with Gasteiger partial charge >= 0.3 is 5.97 Å². The molecule has 0 aromatic heterocycles. The molecule has 0 aliphatic heterocycles. The van der Waals surface area contributed by atoms with Crippen molar-refractivity contribution in [3.8, 4) is 0 Å². The summed E-state index contributed by atoms with van der Waals surface area (Å²) in [7, 11) is -4.44. The fourth-order valence-electron chi connectivity index (χ4n) is 0.753. The van der Waals surface area contributed by atoms with Gasteiger partial charge in [-0.15, -0.1) is 0 Å². The molecule has 0 saturated heterocycles. The van der Waals surface area contributed by atoms with Crippen LogP contribution in [0, 0.1) is 0 Å². The van der Waals surface area contributed by atoms with E-state index in [4.69, 9.17) is 9.66 Å². The van der Waals surface area contributed by atoms with Crippen LogP contribution < -0.4 is 5.32 Å². The average molecular weight is 257 g/mol. The van der Waals surface area contributed by atoms with Gasteiger partial charge < -0.3 is 10.4 Å². The zero-order valence-electron chi connectivity index (χ0n) is 7.58. The molecule has 88 valence electrons. The highest BCUT2D eigenvalue weighted by atomic mass is 32.2. The Hall–Kier alpha value is -0.800. The van der Waals surface area contributed by atoms with Crippen LogP contribution in [-0.4, -0.2) is 47.5 Å². The van der Waals surface area contributed by atoms with Gasteiger partial charge in [0.2, 0.25) is 5.91 Å². The van der Waals surface area contributed by atoms with Crippen molar-refractivity contribution in [2.45, 2.75) is 12.5 Å². The van der Waals surface area contributed by atoms with Crippen LogP contribution in [0.2, 0.25) is 0 Å². The van der Waals surface area contributed by atoms with Gasteiger partial charge in [-0.05, 0) is 5.75 Å². The largest absolute Gasteiger partial charge is 0.480 e. The van der Waals surface area contributed by atoms with Gasteiger partial charge in [0.05, 0.1) is 0 Å². The number of rotatable bonds is 6. The second-order valence-electron chi connectivity index (χ2n) is 2.68. The van der Waals surface area contributed by atoms with E-state index in [-0.39, 0.29) is 12.2 Å². The fraction of sp³-hybridized carbons (Fsp3) is 0.667. The van der Waals surface area contributed by atoms with Crippen LogP contribution in [0.5, 0.6) is 0 Å². The number of hydrogen-bond acceptors (Lipinski definition) is 5. The predicted octanol–water partition coefficient (Wildman–Crippen LogP) is -1.24. The maximum atomic E-state index is 10.9. The first-order valence-corrected chi connectivity index (χ1v) is 6.08. The van der Waals surface area contributed by atoms with Crippen LogP contribution in [0.3, 0.4) is 0 Å². The molecule has 0 rings (SSSR count). The lowest BCUT2D eigenvalue weighted by atomic mass is 10.3. The Bertz CT molecular complexity index is 338. The molecule has 0 aliphatic carbocycles. The van der Waals surface area contributed by atoms with E-state index in [1.54, 1.807) is 0 Å². The topological polar surface area (TPSA) is 121 Å². The minimum atomic E-state index is -4.44. The molecule has 0 fully saturated rings.